The molecule has 3 N–H and O–H groups in total. The lowest BCUT2D eigenvalue weighted by atomic mass is 10.2. The predicted molar refractivity (Wildman–Crippen MR) is 75.7 cm³/mol. The molecule has 0 spiro atoms. The van der Waals surface area contributed by atoms with Crippen LogP contribution in [-0.4, -0.2) is 29.7 Å². The monoisotopic (exact) mass is 324 g/mol. The fraction of sp³-hybridized carbons (Fsp3) is 0.0714. The average molecular weight is 324 g/mol. The van der Waals surface area contributed by atoms with Gasteiger partial charge in [-0.05, 0) is 19.1 Å². The molecular weight excluding hydrogens is 312 g/mol. The normalized spacial score (nSPS) is 11.1. The van der Waals surface area contributed by atoms with Crippen LogP contribution in [0.4, 0.5) is 0 Å². The van der Waals surface area contributed by atoms with Gasteiger partial charge in [0, 0.05) is 12.1 Å². The molecule has 0 amide bonds. The Morgan fingerprint density at radius 2 is 1.59 bits per heavy atom. The molecule has 0 atom stereocenters. The molecule has 0 bridgehead atoms. The summed E-state index contributed by atoms with van der Waals surface area (Å²) in [4.78, 5) is 10.9. The SMILES string of the molecule is Cc1ccc(S(=O)(=O)Oc2cc(O)c(O)cc2C(=O)O)cc1. The van der Waals surface area contributed by atoms with Crippen molar-refractivity contribution in [3.63, 3.8) is 0 Å². The zero-order chi connectivity index (χ0) is 16.5. The van der Waals surface area contributed by atoms with Gasteiger partial charge < -0.3 is 19.5 Å². The first kappa shape index (κ1) is 15.6. The van der Waals surface area contributed by atoms with Gasteiger partial charge in [0.05, 0.1) is 0 Å². The van der Waals surface area contributed by atoms with Crippen molar-refractivity contribution in [1.82, 2.24) is 0 Å². The molecule has 0 radical (unpaired) electrons. The number of aromatic hydroxyl groups is 2. The van der Waals surface area contributed by atoms with Gasteiger partial charge in [0.25, 0.3) is 0 Å². The van der Waals surface area contributed by atoms with Gasteiger partial charge in [-0.3, -0.25) is 0 Å². The predicted octanol–water partition coefficient (Wildman–Crippen LogP) is 1.87. The van der Waals surface area contributed by atoms with Crippen LogP contribution in [0.1, 0.15) is 15.9 Å². The molecule has 2 rings (SSSR count). The summed E-state index contributed by atoms with van der Waals surface area (Å²) in [6.45, 7) is 1.78. The number of aromatic carboxylic acids is 1. The van der Waals surface area contributed by atoms with Crippen LogP contribution in [0.15, 0.2) is 41.3 Å². The van der Waals surface area contributed by atoms with Gasteiger partial charge in [-0.2, -0.15) is 8.42 Å². The summed E-state index contributed by atoms with van der Waals surface area (Å²) in [5, 5.41) is 27.7. The average Bonchev–Trinajstić information content (AvgIpc) is 2.42. The molecule has 0 fully saturated rings. The van der Waals surface area contributed by atoms with Crippen molar-refractivity contribution < 1.29 is 32.7 Å². The maximum atomic E-state index is 12.1. The van der Waals surface area contributed by atoms with Crippen molar-refractivity contribution in [3.8, 4) is 17.2 Å². The van der Waals surface area contributed by atoms with E-state index in [-0.39, 0.29) is 4.90 Å². The Kier molecular flexibility index (Phi) is 3.96. The van der Waals surface area contributed by atoms with E-state index in [0.29, 0.717) is 6.07 Å². The van der Waals surface area contributed by atoms with E-state index in [0.717, 1.165) is 11.6 Å². The highest BCUT2D eigenvalue weighted by Gasteiger charge is 2.23. The summed E-state index contributed by atoms with van der Waals surface area (Å²) in [5.74, 6) is -3.50. The van der Waals surface area contributed by atoms with Gasteiger partial charge in [0.1, 0.15) is 10.5 Å². The van der Waals surface area contributed by atoms with Gasteiger partial charge in [-0.15, -0.1) is 0 Å². The summed E-state index contributed by atoms with van der Waals surface area (Å²) in [6, 6.07) is 7.17. The molecule has 7 nitrogen and oxygen atoms in total. The maximum absolute atomic E-state index is 12.1. The second-order valence-electron chi connectivity index (χ2n) is 4.49. The maximum Gasteiger partial charge on any atom is 0.339 e. The number of carboxylic acids is 1. The first-order valence-electron chi connectivity index (χ1n) is 6.01. The number of carbonyl (C=O) groups is 1. The number of hydrogen-bond acceptors (Lipinski definition) is 6. The summed E-state index contributed by atoms with van der Waals surface area (Å²) < 4.78 is 29.0. The summed E-state index contributed by atoms with van der Waals surface area (Å²) in [5.41, 5.74) is 0.249. The van der Waals surface area contributed by atoms with Gasteiger partial charge in [0.15, 0.2) is 17.2 Å². The Balaban J connectivity index is 2.47. The molecule has 8 heteroatoms. The van der Waals surface area contributed by atoms with Crippen molar-refractivity contribution in [2.24, 2.45) is 0 Å². The lowest BCUT2D eigenvalue weighted by Gasteiger charge is -2.11. The molecule has 0 aliphatic heterocycles. The standard InChI is InChI=1S/C14H12O7S/c1-8-2-4-9(5-3-8)22(19,20)21-13-7-12(16)11(15)6-10(13)14(17)18/h2-7,15-16H,1H3,(H,17,18). The Morgan fingerprint density at radius 1 is 1.05 bits per heavy atom. The van der Waals surface area contributed by atoms with Crippen molar-refractivity contribution >= 4 is 16.1 Å². The van der Waals surface area contributed by atoms with Crippen molar-refractivity contribution in [2.75, 3.05) is 0 Å². The minimum atomic E-state index is -4.27. The highest BCUT2D eigenvalue weighted by atomic mass is 32.2. The Bertz CT molecular complexity index is 823. The summed E-state index contributed by atoms with van der Waals surface area (Å²) in [7, 11) is -4.27. The van der Waals surface area contributed by atoms with Crippen LogP contribution in [0.5, 0.6) is 17.2 Å². The molecule has 22 heavy (non-hydrogen) atoms. The molecule has 116 valence electrons. The van der Waals surface area contributed by atoms with E-state index in [1.165, 1.54) is 12.1 Å². The van der Waals surface area contributed by atoms with Gasteiger partial charge in [-0.25, -0.2) is 4.79 Å². The molecule has 0 aliphatic rings. The van der Waals surface area contributed by atoms with Crippen molar-refractivity contribution in [1.29, 1.82) is 0 Å². The minimum Gasteiger partial charge on any atom is -0.504 e. The largest absolute Gasteiger partial charge is 0.504 e. The minimum absolute atomic E-state index is 0.165. The fourth-order valence-electron chi connectivity index (χ4n) is 1.66. The second kappa shape index (κ2) is 5.57. The van der Waals surface area contributed by atoms with Crippen LogP contribution in [0.2, 0.25) is 0 Å². The lowest BCUT2D eigenvalue weighted by molar-refractivity contribution is 0.0694. The van der Waals surface area contributed by atoms with Crippen LogP contribution in [0.3, 0.4) is 0 Å². The van der Waals surface area contributed by atoms with Crippen LogP contribution >= 0.6 is 0 Å². The number of phenols is 2. The van der Waals surface area contributed by atoms with Gasteiger partial charge in [-0.1, -0.05) is 17.7 Å². The summed E-state index contributed by atoms with van der Waals surface area (Å²) in [6.07, 6.45) is 0. The van der Waals surface area contributed by atoms with Gasteiger partial charge in [0.2, 0.25) is 0 Å². The first-order chi connectivity index (χ1) is 10.2. The third kappa shape index (κ3) is 3.12. The third-order valence-electron chi connectivity index (χ3n) is 2.82. The van der Waals surface area contributed by atoms with E-state index in [1.807, 2.05) is 0 Å². The number of carboxylic acid groups (broad SMARTS) is 1. The fourth-order valence-corrected chi connectivity index (χ4v) is 2.60. The quantitative estimate of drug-likeness (QED) is 0.580. The topological polar surface area (TPSA) is 121 Å². The van der Waals surface area contributed by atoms with E-state index in [9.17, 15) is 23.4 Å². The van der Waals surface area contributed by atoms with Crippen molar-refractivity contribution in [3.05, 3.63) is 47.5 Å². The molecule has 0 saturated carbocycles. The molecule has 0 saturated heterocycles. The molecular formula is C14H12O7S. The summed E-state index contributed by atoms with van der Waals surface area (Å²) >= 11 is 0. The van der Waals surface area contributed by atoms with Crippen LogP contribution in [0.25, 0.3) is 0 Å². The molecule has 0 aliphatic carbocycles. The van der Waals surface area contributed by atoms with E-state index >= 15 is 0 Å². The number of aryl methyl sites for hydroxylation is 1. The van der Waals surface area contributed by atoms with Crippen molar-refractivity contribution in [2.45, 2.75) is 11.8 Å². The highest BCUT2D eigenvalue weighted by molar-refractivity contribution is 7.87. The third-order valence-corrected chi connectivity index (χ3v) is 4.06. The number of hydrogen-bond donors (Lipinski definition) is 3. The van der Waals surface area contributed by atoms with E-state index in [1.54, 1.807) is 19.1 Å². The Morgan fingerprint density at radius 3 is 2.14 bits per heavy atom. The van der Waals surface area contributed by atoms with Gasteiger partial charge >= 0.3 is 16.1 Å². The molecule has 2 aromatic rings. The molecule has 2 aromatic carbocycles. The van der Waals surface area contributed by atoms with E-state index in [4.69, 9.17) is 9.29 Å². The number of benzene rings is 2. The molecule has 0 aromatic heterocycles. The smallest absolute Gasteiger partial charge is 0.339 e. The lowest BCUT2D eigenvalue weighted by Crippen LogP contribution is -2.12. The molecule has 0 unspecified atom stereocenters. The Labute approximate surface area is 126 Å². The first-order valence-corrected chi connectivity index (χ1v) is 7.42. The number of rotatable bonds is 4. The number of phenolic OH excluding ortho intramolecular Hbond substituents is 2. The zero-order valence-electron chi connectivity index (χ0n) is 11.3. The van der Waals surface area contributed by atoms with Crippen LogP contribution in [0, 0.1) is 6.92 Å². The zero-order valence-corrected chi connectivity index (χ0v) is 12.2. The second-order valence-corrected chi connectivity index (χ2v) is 6.04. The van der Waals surface area contributed by atoms with Crippen LogP contribution < -0.4 is 4.18 Å². The Hall–Kier alpha value is -2.74. The highest BCUT2D eigenvalue weighted by Crippen LogP contribution is 2.34. The van der Waals surface area contributed by atoms with E-state index < -0.39 is 38.9 Å². The van der Waals surface area contributed by atoms with Crippen LogP contribution in [-0.2, 0) is 10.1 Å². The van der Waals surface area contributed by atoms with E-state index in [2.05, 4.69) is 0 Å². The molecule has 0 heterocycles.